The van der Waals surface area contributed by atoms with Crippen LogP contribution in [0.1, 0.15) is 27.4 Å². The van der Waals surface area contributed by atoms with Gasteiger partial charge in [0.15, 0.2) is 0 Å². The number of halogens is 2. The van der Waals surface area contributed by atoms with Crippen LogP contribution in [-0.2, 0) is 6.54 Å². The van der Waals surface area contributed by atoms with Crippen molar-refractivity contribution in [3.8, 4) is 22.9 Å². The molecule has 0 unspecified atom stereocenters. The first kappa shape index (κ1) is 30.0. The number of anilines is 2. The summed E-state index contributed by atoms with van der Waals surface area (Å²) >= 11 is 14.2. The molecule has 0 saturated carbocycles. The van der Waals surface area contributed by atoms with E-state index in [0.717, 1.165) is 5.56 Å². The minimum atomic E-state index is -1.06. The lowest BCUT2D eigenvalue weighted by molar-refractivity contribution is 0.0699. The van der Waals surface area contributed by atoms with E-state index in [-0.39, 0.29) is 40.4 Å². The molecule has 0 aliphatic rings. The van der Waals surface area contributed by atoms with Crippen LogP contribution < -0.4 is 15.6 Å². The molecule has 4 aromatic heterocycles. The summed E-state index contributed by atoms with van der Waals surface area (Å²) in [4.78, 5) is 38.7. The summed E-state index contributed by atoms with van der Waals surface area (Å²) in [5.74, 6) is -0.144. The third-order valence-electron chi connectivity index (χ3n) is 7.12. The Kier molecular flexibility index (Phi) is 8.12. The van der Waals surface area contributed by atoms with Crippen LogP contribution in [0.4, 0.5) is 11.4 Å². The van der Waals surface area contributed by atoms with E-state index in [1.807, 2.05) is 6.07 Å². The summed E-state index contributed by atoms with van der Waals surface area (Å²) in [6, 6.07) is 14.2. The van der Waals surface area contributed by atoms with Crippen molar-refractivity contribution < 1.29 is 14.6 Å². The van der Waals surface area contributed by atoms with Gasteiger partial charge in [0.2, 0.25) is 0 Å². The van der Waals surface area contributed by atoms with Crippen LogP contribution in [-0.4, -0.2) is 37.2 Å². The highest BCUT2D eigenvalue weighted by molar-refractivity contribution is 7.18. The number of rotatable bonds is 8. The van der Waals surface area contributed by atoms with E-state index in [1.165, 1.54) is 15.9 Å². The number of fused-ring (bicyclic) bond motifs is 2. The van der Waals surface area contributed by atoms with Crippen LogP contribution in [0.25, 0.3) is 32.2 Å². The minimum absolute atomic E-state index is 0.0715. The van der Waals surface area contributed by atoms with Gasteiger partial charge in [-0.15, -0.1) is 11.3 Å². The molecule has 0 aliphatic heterocycles. The number of hydrogen-bond acceptors (Lipinski definition) is 9. The monoisotopic (exact) mass is 656 g/mol. The van der Waals surface area contributed by atoms with Gasteiger partial charge in [0.1, 0.15) is 24.3 Å². The Bertz CT molecular complexity index is 2250. The normalized spacial score (nSPS) is 11.1. The number of hydrogen-bond donors (Lipinski definition) is 2. The molecule has 2 aromatic carbocycles. The molecular weight excluding hydrogens is 635 g/mol. The molecule has 0 saturated heterocycles. The fourth-order valence-corrected chi connectivity index (χ4v) is 6.54. The molecule has 0 fully saturated rings. The number of thiophene rings is 1. The number of pyridine rings is 2. The average Bonchev–Trinajstić information content (AvgIpc) is 3.44. The summed E-state index contributed by atoms with van der Waals surface area (Å²) in [6.45, 7) is 3.70. The second-order valence-electron chi connectivity index (χ2n) is 10.0. The van der Waals surface area contributed by atoms with E-state index < -0.39 is 11.5 Å². The van der Waals surface area contributed by atoms with Crippen LogP contribution in [0.15, 0.2) is 65.0 Å². The lowest BCUT2D eigenvalue weighted by Gasteiger charge is -2.17. The van der Waals surface area contributed by atoms with E-state index in [2.05, 4.69) is 26.3 Å². The highest BCUT2D eigenvalue weighted by Crippen LogP contribution is 2.40. The summed E-state index contributed by atoms with van der Waals surface area (Å²) < 4.78 is 8.35. The number of aryl methyl sites for hydroxylation is 2. The molecule has 0 aliphatic carbocycles. The molecule has 6 rings (SSSR count). The molecule has 45 heavy (non-hydrogen) atoms. The van der Waals surface area contributed by atoms with Gasteiger partial charge in [0, 0.05) is 33.4 Å². The van der Waals surface area contributed by atoms with Crippen molar-refractivity contribution in [2.45, 2.75) is 20.4 Å². The van der Waals surface area contributed by atoms with Gasteiger partial charge in [-0.2, -0.15) is 5.26 Å². The molecular formula is C32H22Cl2N6O4S. The van der Waals surface area contributed by atoms with Gasteiger partial charge >= 0.3 is 5.97 Å². The van der Waals surface area contributed by atoms with Gasteiger partial charge in [-0.1, -0.05) is 23.2 Å². The summed E-state index contributed by atoms with van der Waals surface area (Å²) in [7, 11) is 0. The molecule has 0 spiro atoms. The predicted molar refractivity (Wildman–Crippen MR) is 175 cm³/mol. The SMILES string of the molecule is Cc1cc(-c2cc(Cl)ccc2OCCn2c(C)nc3cc(Cl)c(Nc4cccnc4)c(C#N)c3c2=O)c2scc(C(=O)O)c2n1. The van der Waals surface area contributed by atoms with Crippen molar-refractivity contribution in [2.75, 3.05) is 11.9 Å². The van der Waals surface area contributed by atoms with Crippen LogP contribution in [0, 0.1) is 25.2 Å². The Balaban J connectivity index is 1.35. The molecule has 224 valence electrons. The third kappa shape index (κ3) is 5.67. The Morgan fingerprint density at radius 3 is 2.71 bits per heavy atom. The number of ether oxygens (including phenoxy) is 1. The van der Waals surface area contributed by atoms with E-state index >= 15 is 0 Å². The van der Waals surface area contributed by atoms with Gasteiger partial charge in [0.05, 0.1) is 61.4 Å². The summed E-state index contributed by atoms with van der Waals surface area (Å²) in [5.41, 5.74) is 3.40. The maximum atomic E-state index is 13.8. The number of nitrogens with one attached hydrogen (secondary N) is 1. The highest BCUT2D eigenvalue weighted by Gasteiger charge is 2.21. The zero-order valence-corrected chi connectivity index (χ0v) is 26.1. The quantitative estimate of drug-likeness (QED) is 0.171. The van der Waals surface area contributed by atoms with Crippen molar-refractivity contribution in [2.24, 2.45) is 0 Å². The molecule has 4 heterocycles. The molecule has 10 nitrogen and oxygen atoms in total. The minimum Gasteiger partial charge on any atom is -0.491 e. The number of carboxylic acid groups (broad SMARTS) is 1. The van der Waals surface area contributed by atoms with Gasteiger partial charge in [0.25, 0.3) is 5.56 Å². The maximum absolute atomic E-state index is 13.8. The number of nitrogens with zero attached hydrogens (tertiary/aromatic N) is 5. The second-order valence-corrected chi connectivity index (χ2v) is 11.8. The third-order valence-corrected chi connectivity index (χ3v) is 8.65. The number of nitriles is 1. The molecule has 13 heteroatoms. The first-order valence-corrected chi connectivity index (χ1v) is 15.2. The highest BCUT2D eigenvalue weighted by atomic mass is 35.5. The lowest BCUT2D eigenvalue weighted by Crippen LogP contribution is -2.27. The fourth-order valence-electron chi connectivity index (χ4n) is 5.11. The van der Waals surface area contributed by atoms with E-state index in [1.54, 1.807) is 68.0 Å². The van der Waals surface area contributed by atoms with Gasteiger partial charge < -0.3 is 15.2 Å². The average molecular weight is 658 g/mol. The van der Waals surface area contributed by atoms with Gasteiger partial charge in [-0.05, 0) is 56.3 Å². The summed E-state index contributed by atoms with van der Waals surface area (Å²) in [5, 5.41) is 25.3. The van der Waals surface area contributed by atoms with Crippen molar-refractivity contribution in [3.63, 3.8) is 0 Å². The number of carbonyl (C=O) groups is 1. The fraction of sp³-hybridized carbons (Fsp3) is 0.125. The standard InChI is InChI=1S/C32H22Cl2N6O4S/c1-16-10-21(30-29(37-16)23(15-45-30)32(42)43)20-11-18(33)5-6-26(20)44-9-8-40-17(2)38-25-12-24(34)28(22(13-35)27(25)31(40)41)39-19-4-3-7-36-14-19/h3-7,10-12,14-15,39H,8-9H2,1-2H3,(H,42,43). The number of aromatic nitrogens is 4. The molecule has 0 amide bonds. The predicted octanol–water partition coefficient (Wildman–Crippen LogP) is 7.38. The van der Waals surface area contributed by atoms with E-state index in [0.29, 0.717) is 49.3 Å². The first-order valence-electron chi connectivity index (χ1n) is 13.5. The van der Waals surface area contributed by atoms with E-state index in [9.17, 15) is 20.0 Å². The number of carboxylic acids is 1. The molecule has 0 bridgehead atoms. The maximum Gasteiger partial charge on any atom is 0.338 e. The largest absolute Gasteiger partial charge is 0.491 e. The van der Waals surface area contributed by atoms with Crippen molar-refractivity contribution >= 4 is 73.0 Å². The Morgan fingerprint density at radius 1 is 1.16 bits per heavy atom. The van der Waals surface area contributed by atoms with Crippen LogP contribution in [0.5, 0.6) is 5.75 Å². The van der Waals surface area contributed by atoms with Gasteiger partial charge in [-0.25, -0.2) is 9.78 Å². The van der Waals surface area contributed by atoms with Crippen molar-refractivity contribution in [1.82, 2.24) is 19.5 Å². The lowest BCUT2D eigenvalue weighted by atomic mass is 10.0. The molecule has 2 N–H and O–H groups in total. The second kappa shape index (κ2) is 12.2. The van der Waals surface area contributed by atoms with E-state index in [4.69, 9.17) is 27.9 Å². The molecule has 6 aromatic rings. The topological polar surface area (TPSA) is 143 Å². The molecule has 0 radical (unpaired) electrons. The van der Waals surface area contributed by atoms with Crippen LogP contribution in [0.2, 0.25) is 10.0 Å². The summed E-state index contributed by atoms with van der Waals surface area (Å²) in [6.07, 6.45) is 3.20. The number of benzene rings is 2. The van der Waals surface area contributed by atoms with Crippen LogP contribution in [0.3, 0.4) is 0 Å². The van der Waals surface area contributed by atoms with Crippen molar-refractivity contribution in [1.29, 1.82) is 5.26 Å². The van der Waals surface area contributed by atoms with Crippen LogP contribution >= 0.6 is 34.5 Å². The molecule has 0 atom stereocenters. The smallest absolute Gasteiger partial charge is 0.338 e. The first-order chi connectivity index (χ1) is 21.7. The Hall–Kier alpha value is -5.02. The zero-order valence-electron chi connectivity index (χ0n) is 23.8. The Labute approximate surface area is 270 Å². The van der Waals surface area contributed by atoms with Crippen molar-refractivity contribution in [3.05, 3.63) is 103 Å². The zero-order chi connectivity index (χ0) is 31.8. The number of aromatic carboxylic acids is 1. The van der Waals surface area contributed by atoms with Gasteiger partial charge in [-0.3, -0.25) is 19.3 Å². The Morgan fingerprint density at radius 2 is 1.98 bits per heavy atom.